The van der Waals surface area contributed by atoms with E-state index in [2.05, 4.69) is 16.7 Å². The van der Waals surface area contributed by atoms with Gasteiger partial charge in [-0.1, -0.05) is 31.2 Å². The van der Waals surface area contributed by atoms with Crippen molar-refractivity contribution >= 4 is 24.8 Å². The average Bonchev–Trinajstić information content (AvgIpc) is 2.73. The molecule has 0 aliphatic carbocycles. The normalized spacial score (nSPS) is 16.2. The Bertz CT molecular complexity index is 780. The number of piperazine rings is 1. The summed E-state index contributed by atoms with van der Waals surface area (Å²) in [6.07, 6.45) is -3.78. The molecule has 0 radical (unpaired) electrons. The first-order valence-electron chi connectivity index (χ1n) is 10.4. The molecule has 1 unspecified atom stereocenters. The third-order valence-electron chi connectivity index (χ3n) is 5.41. The summed E-state index contributed by atoms with van der Waals surface area (Å²) in [6.45, 7) is 8.51. The van der Waals surface area contributed by atoms with Crippen LogP contribution in [0.1, 0.15) is 36.1 Å². The molecule has 2 aromatic carbocycles. The van der Waals surface area contributed by atoms with Gasteiger partial charge in [-0.05, 0) is 48.4 Å². The molecule has 1 saturated heterocycles. The van der Waals surface area contributed by atoms with E-state index in [1.165, 1.54) is 24.3 Å². The Kier molecular flexibility index (Phi) is 12.0. The fraction of sp³-hybridized carbons (Fsp3) is 0.478. The third-order valence-corrected chi connectivity index (χ3v) is 5.41. The maximum Gasteiger partial charge on any atom is 0.416 e. The number of nitrogens with zero attached hydrogens (tertiary/aromatic N) is 2. The molecule has 3 rings (SSSR count). The van der Waals surface area contributed by atoms with Gasteiger partial charge in [0.1, 0.15) is 11.9 Å². The van der Waals surface area contributed by atoms with E-state index in [0.29, 0.717) is 17.7 Å². The highest BCUT2D eigenvalue weighted by atomic mass is 35.5. The smallest absolute Gasteiger partial charge is 0.367 e. The van der Waals surface area contributed by atoms with Gasteiger partial charge in [0.05, 0.1) is 12.2 Å². The van der Waals surface area contributed by atoms with Gasteiger partial charge in [-0.25, -0.2) is 4.39 Å². The van der Waals surface area contributed by atoms with Gasteiger partial charge in [0, 0.05) is 32.7 Å². The third kappa shape index (κ3) is 8.19. The Labute approximate surface area is 199 Å². The van der Waals surface area contributed by atoms with Crippen molar-refractivity contribution in [2.75, 3.05) is 45.9 Å². The molecule has 1 heterocycles. The zero-order valence-corrected chi connectivity index (χ0v) is 19.6. The topological polar surface area (TPSA) is 15.7 Å². The molecule has 180 valence electrons. The van der Waals surface area contributed by atoms with Crippen molar-refractivity contribution in [1.29, 1.82) is 0 Å². The molecule has 32 heavy (non-hydrogen) atoms. The maximum atomic E-state index is 13.3. The maximum absolute atomic E-state index is 13.3. The first-order valence-corrected chi connectivity index (χ1v) is 10.4. The molecule has 0 amide bonds. The molecule has 0 bridgehead atoms. The summed E-state index contributed by atoms with van der Waals surface area (Å²) < 4.78 is 58.1. The van der Waals surface area contributed by atoms with Crippen LogP contribution in [-0.4, -0.2) is 55.7 Å². The van der Waals surface area contributed by atoms with Crippen molar-refractivity contribution in [3.63, 3.8) is 0 Å². The lowest BCUT2D eigenvalue weighted by Crippen LogP contribution is -2.47. The van der Waals surface area contributed by atoms with E-state index in [0.717, 1.165) is 57.8 Å². The standard InChI is InChI=1S/C23H28F4N2O.2ClH/c1-2-11-28-12-14-29(15-13-28)16-17-30-22(19-5-9-21(24)10-6-19)18-3-7-20(8-4-18)23(25,26)27;;/h3-10,22H,2,11-17H2,1H3;2*1H. The summed E-state index contributed by atoms with van der Waals surface area (Å²) in [6, 6.07) is 10.9. The molecule has 1 aliphatic heterocycles. The van der Waals surface area contributed by atoms with Crippen LogP contribution in [0, 0.1) is 5.82 Å². The van der Waals surface area contributed by atoms with E-state index in [1.807, 2.05) is 0 Å². The van der Waals surface area contributed by atoms with Gasteiger partial charge in [-0.3, -0.25) is 4.90 Å². The van der Waals surface area contributed by atoms with E-state index in [4.69, 9.17) is 4.74 Å². The van der Waals surface area contributed by atoms with Crippen LogP contribution < -0.4 is 0 Å². The highest BCUT2D eigenvalue weighted by molar-refractivity contribution is 5.85. The molecule has 0 N–H and O–H groups in total. The molecular weight excluding hydrogens is 467 g/mol. The Balaban J connectivity index is 0.00000256. The molecule has 0 spiro atoms. The Morgan fingerprint density at radius 3 is 1.75 bits per heavy atom. The second kappa shape index (κ2) is 13.4. The molecule has 9 heteroatoms. The van der Waals surface area contributed by atoms with Crippen LogP contribution in [0.4, 0.5) is 17.6 Å². The van der Waals surface area contributed by atoms with E-state index in [-0.39, 0.29) is 30.6 Å². The number of ether oxygens (including phenoxy) is 1. The molecule has 2 aromatic rings. The van der Waals surface area contributed by atoms with Gasteiger partial charge < -0.3 is 9.64 Å². The summed E-state index contributed by atoms with van der Waals surface area (Å²) in [5, 5.41) is 0. The predicted octanol–water partition coefficient (Wildman–Crippen LogP) is 5.82. The number of alkyl halides is 3. The molecule has 1 atom stereocenters. The second-order valence-corrected chi connectivity index (χ2v) is 7.61. The molecular formula is C23H30Cl2F4N2O. The van der Waals surface area contributed by atoms with Crippen molar-refractivity contribution in [1.82, 2.24) is 9.80 Å². The van der Waals surface area contributed by atoms with Gasteiger partial charge in [0.25, 0.3) is 0 Å². The van der Waals surface area contributed by atoms with Gasteiger partial charge in [0.15, 0.2) is 0 Å². The lowest BCUT2D eigenvalue weighted by molar-refractivity contribution is -0.137. The van der Waals surface area contributed by atoms with Gasteiger partial charge in [-0.2, -0.15) is 13.2 Å². The van der Waals surface area contributed by atoms with Gasteiger partial charge in [-0.15, -0.1) is 24.8 Å². The number of benzene rings is 2. The van der Waals surface area contributed by atoms with E-state index >= 15 is 0 Å². The van der Waals surface area contributed by atoms with Crippen LogP contribution in [0.2, 0.25) is 0 Å². The largest absolute Gasteiger partial charge is 0.416 e. The molecule has 0 saturated carbocycles. The Hall–Kier alpha value is -1.38. The summed E-state index contributed by atoms with van der Waals surface area (Å²) in [4.78, 5) is 4.78. The van der Waals surface area contributed by atoms with Crippen LogP contribution in [0.15, 0.2) is 48.5 Å². The lowest BCUT2D eigenvalue weighted by atomic mass is 10.00. The zero-order valence-electron chi connectivity index (χ0n) is 18.0. The minimum atomic E-state index is -4.38. The quantitative estimate of drug-likeness (QED) is 0.428. The van der Waals surface area contributed by atoms with Crippen LogP contribution in [0.3, 0.4) is 0 Å². The van der Waals surface area contributed by atoms with Crippen LogP contribution >= 0.6 is 24.8 Å². The number of hydrogen-bond acceptors (Lipinski definition) is 3. The summed E-state index contributed by atoms with van der Waals surface area (Å²) in [5.41, 5.74) is 0.625. The van der Waals surface area contributed by atoms with Crippen molar-refractivity contribution < 1.29 is 22.3 Å². The monoisotopic (exact) mass is 496 g/mol. The number of rotatable bonds is 8. The summed E-state index contributed by atoms with van der Waals surface area (Å²) in [7, 11) is 0. The van der Waals surface area contributed by atoms with Crippen molar-refractivity contribution in [3.05, 3.63) is 71.0 Å². The second-order valence-electron chi connectivity index (χ2n) is 7.61. The number of hydrogen-bond donors (Lipinski definition) is 0. The van der Waals surface area contributed by atoms with Crippen molar-refractivity contribution in [2.24, 2.45) is 0 Å². The molecule has 1 fully saturated rings. The van der Waals surface area contributed by atoms with Crippen molar-refractivity contribution in [2.45, 2.75) is 25.6 Å². The highest BCUT2D eigenvalue weighted by Crippen LogP contribution is 2.32. The number of halogens is 6. The minimum absolute atomic E-state index is 0. The fourth-order valence-corrected chi connectivity index (χ4v) is 3.72. The fourth-order valence-electron chi connectivity index (χ4n) is 3.72. The lowest BCUT2D eigenvalue weighted by Gasteiger charge is -2.34. The van der Waals surface area contributed by atoms with E-state index in [9.17, 15) is 17.6 Å². The average molecular weight is 497 g/mol. The van der Waals surface area contributed by atoms with Crippen LogP contribution in [0.5, 0.6) is 0 Å². The van der Waals surface area contributed by atoms with Crippen LogP contribution in [-0.2, 0) is 10.9 Å². The first-order chi connectivity index (χ1) is 14.4. The van der Waals surface area contributed by atoms with Gasteiger partial charge in [0.2, 0.25) is 0 Å². The first kappa shape index (κ1) is 28.7. The Morgan fingerprint density at radius 1 is 0.812 bits per heavy atom. The molecule has 1 aliphatic rings. The van der Waals surface area contributed by atoms with Gasteiger partial charge >= 0.3 is 6.18 Å². The van der Waals surface area contributed by atoms with E-state index < -0.39 is 17.8 Å². The molecule has 0 aromatic heterocycles. The van der Waals surface area contributed by atoms with E-state index in [1.54, 1.807) is 12.1 Å². The van der Waals surface area contributed by atoms with Crippen LogP contribution in [0.25, 0.3) is 0 Å². The zero-order chi connectivity index (χ0) is 21.6. The predicted molar refractivity (Wildman–Crippen MR) is 123 cm³/mol. The SMILES string of the molecule is CCCN1CCN(CCOC(c2ccc(F)cc2)c2ccc(C(F)(F)F)cc2)CC1.Cl.Cl. The Morgan fingerprint density at radius 2 is 1.28 bits per heavy atom. The minimum Gasteiger partial charge on any atom is -0.367 e. The summed E-state index contributed by atoms with van der Waals surface area (Å²) >= 11 is 0. The highest BCUT2D eigenvalue weighted by Gasteiger charge is 2.30. The summed E-state index contributed by atoms with van der Waals surface area (Å²) in [5.74, 6) is -0.366. The van der Waals surface area contributed by atoms with Crippen molar-refractivity contribution in [3.8, 4) is 0 Å². The molecule has 3 nitrogen and oxygen atoms in total.